The summed E-state index contributed by atoms with van der Waals surface area (Å²) in [6.07, 6.45) is 3.14. The number of rotatable bonds is 7. The maximum Gasteiger partial charge on any atom is 0.222 e. The first-order valence-electron chi connectivity index (χ1n) is 8.97. The van der Waals surface area contributed by atoms with Crippen molar-refractivity contribution < 1.29 is 13.9 Å². The lowest BCUT2D eigenvalue weighted by atomic mass is 10.00. The molecule has 140 valence electrons. The van der Waals surface area contributed by atoms with Gasteiger partial charge in [-0.2, -0.15) is 4.80 Å². The molecule has 1 aromatic heterocycles. The summed E-state index contributed by atoms with van der Waals surface area (Å²) in [6.45, 7) is 2.89. The number of halogens is 1. The number of aromatic nitrogens is 4. The Morgan fingerprint density at radius 3 is 2.77 bits per heavy atom. The van der Waals surface area contributed by atoms with Crippen molar-refractivity contribution in [3.63, 3.8) is 0 Å². The molecule has 0 spiro atoms. The molecule has 1 aliphatic rings. The number of aryl methyl sites for hydroxylation is 1. The highest BCUT2D eigenvalue weighted by atomic mass is 19.1. The highest BCUT2D eigenvalue weighted by Gasteiger charge is 2.18. The van der Waals surface area contributed by atoms with E-state index < -0.39 is 0 Å². The third-order valence-corrected chi connectivity index (χ3v) is 4.60. The van der Waals surface area contributed by atoms with Gasteiger partial charge in [-0.05, 0) is 54.7 Å². The zero-order valence-corrected chi connectivity index (χ0v) is 15.0. The van der Waals surface area contributed by atoms with Crippen molar-refractivity contribution in [1.82, 2.24) is 25.1 Å². The van der Waals surface area contributed by atoms with E-state index in [1.165, 1.54) is 16.9 Å². The van der Waals surface area contributed by atoms with E-state index in [9.17, 15) is 9.18 Å². The molecule has 3 rings (SSSR count). The summed E-state index contributed by atoms with van der Waals surface area (Å²) in [5.41, 5.74) is 0.713. The molecule has 1 amide bonds. The van der Waals surface area contributed by atoms with Gasteiger partial charge in [-0.15, -0.1) is 10.2 Å². The van der Waals surface area contributed by atoms with Gasteiger partial charge in [0.25, 0.3) is 0 Å². The number of amides is 1. The third kappa shape index (κ3) is 5.08. The number of tetrazole rings is 1. The number of benzene rings is 1. The van der Waals surface area contributed by atoms with E-state index >= 15 is 0 Å². The number of carbonyl (C=O) groups excluding carboxylic acids is 1. The van der Waals surface area contributed by atoms with Crippen LogP contribution in [0.3, 0.4) is 0 Å². The summed E-state index contributed by atoms with van der Waals surface area (Å²) in [4.78, 5) is 15.5. The molecule has 1 fully saturated rings. The summed E-state index contributed by atoms with van der Waals surface area (Å²) in [5.74, 6) is 0.820. The predicted molar refractivity (Wildman–Crippen MR) is 93.6 cm³/mol. The molecule has 1 saturated heterocycles. The molecular formula is C18H24FN5O2. The van der Waals surface area contributed by atoms with Crippen LogP contribution >= 0.6 is 0 Å². The van der Waals surface area contributed by atoms with Crippen molar-refractivity contribution in [1.29, 1.82) is 0 Å². The largest absolute Gasteiger partial charge is 0.381 e. The third-order valence-electron chi connectivity index (χ3n) is 4.60. The predicted octanol–water partition coefficient (Wildman–Crippen LogP) is 2.14. The Morgan fingerprint density at radius 1 is 1.31 bits per heavy atom. The van der Waals surface area contributed by atoms with Gasteiger partial charge in [0.05, 0.1) is 6.54 Å². The van der Waals surface area contributed by atoms with Crippen molar-refractivity contribution in [2.24, 2.45) is 5.92 Å². The Bertz CT molecular complexity index is 713. The molecule has 0 bridgehead atoms. The molecule has 26 heavy (non-hydrogen) atoms. The molecule has 0 saturated carbocycles. The lowest BCUT2D eigenvalue weighted by Gasteiger charge is -2.27. The second kappa shape index (κ2) is 8.84. The number of hydrogen-bond donors (Lipinski definition) is 0. The standard InChI is InChI=1S/C18H24FN5O2/c1-23(13-14-8-11-26-12-9-14)17(25)3-2-10-24-21-18(20-22-24)15-4-6-16(19)7-5-15/h4-7,14H,2-3,8-13H2,1H3. The molecule has 2 aromatic rings. The normalized spacial score (nSPS) is 15.2. The van der Waals surface area contributed by atoms with Gasteiger partial charge in [0.2, 0.25) is 11.7 Å². The maximum absolute atomic E-state index is 13.0. The molecule has 7 nitrogen and oxygen atoms in total. The van der Waals surface area contributed by atoms with E-state index in [2.05, 4.69) is 15.4 Å². The number of carbonyl (C=O) groups is 1. The lowest BCUT2D eigenvalue weighted by Crippen LogP contribution is -2.34. The summed E-state index contributed by atoms with van der Waals surface area (Å²) < 4.78 is 18.3. The topological polar surface area (TPSA) is 73.1 Å². The van der Waals surface area contributed by atoms with Crippen LogP contribution in [-0.2, 0) is 16.1 Å². The quantitative estimate of drug-likeness (QED) is 0.755. The zero-order chi connectivity index (χ0) is 18.4. The van der Waals surface area contributed by atoms with E-state index in [-0.39, 0.29) is 11.7 Å². The van der Waals surface area contributed by atoms with Crippen LogP contribution < -0.4 is 0 Å². The van der Waals surface area contributed by atoms with Gasteiger partial charge in [0.15, 0.2) is 0 Å². The lowest BCUT2D eigenvalue weighted by molar-refractivity contribution is -0.131. The highest BCUT2D eigenvalue weighted by Crippen LogP contribution is 2.16. The summed E-state index contributed by atoms with van der Waals surface area (Å²) in [7, 11) is 1.86. The average Bonchev–Trinajstić information content (AvgIpc) is 3.12. The second-order valence-corrected chi connectivity index (χ2v) is 6.65. The molecule has 0 N–H and O–H groups in total. The smallest absolute Gasteiger partial charge is 0.222 e. The Hall–Kier alpha value is -2.35. The van der Waals surface area contributed by atoms with Crippen LogP contribution in [0.2, 0.25) is 0 Å². The van der Waals surface area contributed by atoms with Crippen molar-refractivity contribution >= 4 is 5.91 Å². The van der Waals surface area contributed by atoms with Gasteiger partial charge in [0.1, 0.15) is 5.82 Å². The molecule has 1 aromatic carbocycles. The van der Waals surface area contributed by atoms with Crippen LogP contribution in [0.1, 0.15) is 25.7 Å². The highest BCUT2D eigenvalue weighted by molar-refractivity contribution is 5.75. The number of hydrogen-bond acceptors (Lipinski definition) is 5. The number of ether oxygens (including phenoxy) is 1. The minimum Gasteiger partial charge on any atom is -0.381 e. The van der Waals surface area contributed by atoms with Gasteiger partial charge >= 0.3 is 0 Å². The molecule has 1 aliphatic heterocycles. The molecule has 0 unspecified atom stereocenters. The van der Waals surface area contributed by atoms with E-state index in [0.717, 1.165) is 32.6 Å². The van der Waals surface area contributed by atoms with Gasteiger partial charge in [0, 0.05) is 38.8 Å². The summed E-state index contributed by atoms with van der Waals surface area (Å²) >= 11 is 0. The van der Waals surface area contributed by atoms with E-state index in [4.69, 9.17) is 4.74 Å². The zero-order valence-electron chi connectivity index (χ0n) is 15.0. The van der Waals surface area contributed by atoms with Gasteiger partial charge in [-0.25, -0.2) is 4.39 Å². The first kappa shape index (κ1) is 18.4. The van der Waals surface area contributed by atoms with Crippen LogP contribution in [0.5, 0.6) is 0 Å². The van der Waals surface area contributed by atoms with E-state index in [0.29, 0.717) is 36.7 Å². The molecule has 0 atom stereocenters. The second-order valence-electron chi connectivity index (χ2n) is 6.65. The molecule has 0 radical (unpaired) electrons. The van der Waals surface area contributed by atoms with Crippen LogP contribution in [0.15, 0.2) is 24.3 Å². The fourth-order valence-corrected chi connectivity index (χ4v) is 3.03. The van der Waals surface area contributed by atoms with E-state index in [1.807, 2.05) is 11.9 Å². The molecule has 8 heteroatoms. The Kier molecular flexibility index (Phi) is 6.27. The Morgan fingerprint density at radius 2 is 2.04 bits per heavy atom. The van der Waals surface area contributed by atoms with Crippen molar-refractivity contribution in [2.45, 2.75) is 32.2 Å². The van der Waals surface area contributed by atoms with Crippen LogP contribution in [0.25, 0.3) is 11.4 Å². The van der Waals surface area contributed by atoms with Crippen molar-refractivity contribution in [2.75, 3.05) is 26.8 Å². The van der Waals surface area contributed by atoms with Gasteiger partial charge in [-0.1, -0.05) is 0 Å². The fourth-order valence-electron chi connectivity index (χ4n) is 3.03. The summed E-state index contributed by atoms with van der Waals surface area (Å²) in [6, 6.07) is 5.96. The Labute approximate surface area is 152 Å². The fraction of sp³-hybridized carbons (Fsp3) is 0.556. The molecule has 0 aliphatic carbocycles. The molecular weight excluding hydrogens is 337 g/mol. The van der Waals surface area contributed by atoms with Gasteiger partial charge in [-0.3, -0.25) is 4.79 Å². The van der Waals surface area contributed by atoms with Crippen LogP contribution in [-0.4, -0.2) is 57.8 Å². The first-order chi connectivity index (χ1) is 12.6. The number of nitrogens with zero attached hydrogens (tertiary/aromatic N) is 5. The van der Waals surface area contributed by atoms with Gasteiger partial charge < -0.3 is 9.64 Å². The first-order valence-corrected chi connectivity index (χ1v) is 8.97. The van der Waals surface area contributed by atoms with Crippen molar-refractivity contribution in [3.05, 3.63) is 30.1 Å². The maximum atomic E-state index is 13.0. The molecule has 2 heterocycles. The Balaban J connectivity index is 1.43. The SMILES string of the molecule is CN(CC1CCOCC1)C(=O)CCCn1nnc(-c2ccc(F)cc2)n1. The summed E-state index contributed by atoms with van der Waals surface area (Å²) in [5, 5.41) is 12.3. The minimum atomic E-state index is -0.301. The monoisotopic (exact) mass is 361 g/mol. The average molecular weight is 361 g/mol. The van der Waals surface area contributed by atoms with Crippen molar-refractivity contribution in [3.8, 4) is 11.4 Å². The van der Waals surface area contributed by atoms with Crippen LogP contribution in [0, 0.1) is 11.7 Å². The minimum absolute atomic E-state index is 0.135. The van der Waals surface area contributed by atoms with E-state index in [1.54, 1.807) is 12.1 Å². The van der Waals surface area contributed by atoms with Crippen LogP contribution in [0.4, 0.5) is 4.39 Å².